The van der Waals surface area contributed by atoms with E-state index in [1.54, 1.807) is 0 Å². The summed E-state index contributed by atoms with van der Waals surface area (Å²) in [5.74, 6) is 0.890. The number of rotatable bonds is 2. The summed E-state index contributed by atoms with van der Waals surface area (Å²) in [7, 11) is 0. The first kappa shape index (κ1) is 12.0. The average Bonchev–Trinajstić information content (AvgIpc) is 2.15. The van der Waals surface area contributed by atoms with E-state index >= 15 is 0 Å². The van der Waals surface area contributed by atoms with Crippen LogP contribution in [0.1, 0.15) is 53.9 Å². The molecule has 1 fully saturated rings. The second-order valence-corrected chi connectivity index (χ2v) is 5.72. The van der Waals surface area contributed by atoms with Crippen LogP contribution in [-0.2, 0) is 0 Å². The second kappa shape index (κ2) is 4.65. The zero-order valence-electron chi connectivity index (χ0n) is 10.6. The number of hydrogen-bond acceptors (Lipinski definition) is 1. The molecular weight excluding hydrogens is 170 g/mol. The highest BCUT2D eigenvalue weighted by Crippen LogP contribution is 2.38. The van der Waals surface area contributed by atoms with Gasteiger partial charge < -0.3 is 4.90 Å². The van der Waals surface area contributed by atoms with E-state index in [-0.39, 0.29) is 0 Å². The maximum Gasteiger partial charge on any atom is 0.0126 e. The minimum absolute atomic E-state index is 0.481. The maximum absolute atomic E-state index is 2.68. The molecule has 84 valence electrons. The third-order valence-corrected chi connectivity index (χ3v) is 3.83. The molecule has 1 nitrogen and oxygen atoms in total. The van der Waals surface area contributed by atoms with E-state index in [2.05, 4.69) is 39.5 Å². The van der Waals surface area contributed by atoms with E-state index < -0.39 is 0 Å². The molecule has 0 saturated carbocycles. The Morgan fingerprint density at radius 3 is 2.29 bits per heavy atom. The number of nitrogens with zero attached hydrogens (tertiary/aromatic N) is 1. The van der Waals surface area contributed by atoms with Crippen molar-refractivity contribution in [3.8, 4) is 0 Å². The Kier molecular flexibility index (Phi) is 4.00. The molecule has 1 saturated heterocycles. The van der Waals surface area contributed by atoms with Crippen LogP contribution in [0.2, 0.25) is 0 Å². The smallest absolute Gasteiger partial charge is 0.0126 e. The second-order valence-electron chi connectivity index (χ2n) is 5.72. The number of hydrogen-bond donors (Lipinski definition) is 0. The minimum Gasteiger partial charge on any atom is -0.300 e. The summed E-state index contributed by atoms with van der Waals surface area (Å²) in [6.45, 7) is 14.4. The monoisotopic (exact) mass is 197 g/mol. The molecule has 1 aliphatic heterocycles. The maximum atomic E-state index is 2.68. The fourth-order valence-electron chi connectivity index (χ4n) is 3.07. The van der Waals surface area contributed by atoms with E-state index in [9.17, 15) is 0 Å². The summed E-state index contributed by atoms with van der Waals surface area (Å²) in [6.07, 6.45) is 4.14. The first-order valence-corrected chi connectivity index (χ1v) is 6.24. The Morgan fingerprint density at radius 2 is 1.86 bits per heavy atom. The molecule has 1 aliphatic rings. The lowest BCUT2D eigenvalue weighted by atomic mass is 9.71. The predicted octanol–water partition coefficient (Wildman–Crippen LogP) is 3.54. The molecule has 0 bridgehead atoms. The van der Waals surface area contributed by atoms with Crippen molar-refractivity contribution < 1.29 is 0 Å². The number of likely N-dealkylation sites (tertiary alicyclic amines) is 1. The molecule has 0 radical (unpaired) electrons. The van der Waals surface area contributed by atoms with Gasteiger partial charge in [-0.15, -0.1) is 0 Å². The topological polar surface area (TPSA) is 3.24 Å². The van der Waals surface area contributed by atoms with E-state index in [1.807, 2.05) is 0 Å². The van der Waals surface area contributed by atoms with Gasteiger partial charge >= 0.3 is 0 Å². The molecule has 0 aromatic heterocycles. The van der Waals surface area contributed by atoms with Gasteiger partial charge in [0.2, 0.25) is 0 Å². The predicted molar refractivity (Wildman–Crippen MR) is 63.5 cm³/mol. The van der Waals surface area contributed by atoms with Crippen molar-refractivity contribution in [1.29, 1.82) is 0 Å². The first-order chi connectivity index (χ1) is 6.50. The van der Waals surface area contributed by atoms with Crippen molar-refractivity contribution in [2.45, 2.75) is 59.9 Å². The molecular formula is C13H27N. The molecule has 0 aromatic rings. The van der Waals surface area contributed by atoms with Crippen LogP contribution in [0.25, 0.3) is 0 Å². The summed E-state index contributed by atoms with van der Waals surface area (Å²) in [5.41, 5.74) is 0.481. The van der Waals surface area contributed by atoms with Gasteiger partial charge in [0.15, 0.2) is 0 Å². The van der Waals surface area contributed by atoms with Crippen LogP contribution in [0.3, 0.4) is 0 Å². The third kappa shape index (κ3) is 2.50. The summed E-state index contributed by atoms with van der Waals surface area (Å²) in [6, 6.07) is 0.828. The van der Waals surface area contributed by atoms with Gasteiger partial charge in [0.05, 0.1) is 0 Å². The molecule has 0 spiro atoms. The molecule has 0 aliphatic carbocycles. The van der Waals surface area contributed by atoms with Crippen molar-refractivity contribution in [3.63, 3.8) is 0 Å². The molecule has 14 heavy (non-hydrogen) atoms. The molecule has 0 amide bonds. The van der Waals surface area contributed by atoms with Crippen LogP contribution < -0.4 is 0 Å². The van der Waals surface area contributed by atoms with Crippen LogP contribution >= 0.6 is 0 Å². The Hall–Kier alpha value is -0.0400. The van der Waals surface area contributed by atoms with Crippen LogP contribution in [0.4, 0.5) is 0 Å². The highest BCUT2D eigenvalue weighted by molar-refractivity contribution is 4.89. The van der Waals surface area contributed by atoms with Crippen molar-refractivity contribution >= 4 is 0 Å². The van der Waals surface area contributed by atoms with Gasteiger partial charge in [-0.3, -0.25) is 0 Å². The number of piperidine rings is 1. The summed E-state index contributed by atoms with van der Waals surface area (Å²) < 4.78 is 0. The van der Waals surface area contributed by atoms with Crippen molar-refractivity contribution in [3.05, 3.63) is 0 Å². The highest BCUT2D eigenvalue weighted by atomic mass is 15.2. The Balaban J connectivity index is 2.73. The van der Waals surface area contributed by atoms with Crippen molar-refractivity contribution in [2.24, 2.45) is 11.3 Å². The van der Waals surface area contributed by atoms with Gasteiger partial charge in [0, 0.05) is 6.04 Å². The van der Waals surface area contributed by atoms with Crippen LogP contribution in [0, 0.1) is 11.3 Å². The summed E-state index contributed by atoms with van der Waals surface area (Å²) in [5, 5.41) is 0. The molecule has 1 heterocycles. The van der Waals surface area contributed by atoms with Gasteiger partial charge in [0.1, 0.15) is 0 Å². The molecule has 0 unspecified atom stereocenters. The summed E-state index contributed by atoms with van der Waals surface area (Å²) >= 11 is 0. The first-order valence-electron chi connectivity index (χ1n) is 6.24. The average molecular weight is 197 g/mol. The van der Waals surface area contributed by atoms with Gasteiger partial charge in [-0.2, -0.15) is 0 Å². The van der Waals surface area contributed by atoms with E-state index in [0.717, 1.165) is 12.0 Å². The highest BCUT2D eigenvalue weighted by Gasteiger charge is 2.36. The Labute approximate surface area is 89.9 Å². The van der Waals surface area contributed by atoms with E-state index in [0.29, 0.717) is 5.41 Å². The van der Waals surface area contributed by atoms with Crippen LogP contribution in [0.5, 0.6) is 0 Å². The molecule has 1 heteroatoms. The normalized spacial score (nSPS) is 30.6. The largest absolute Gasteiger partial charge is 0.300 e. The molecule has 2 atom stereocenters. The zero-order valence-corrected chi connectivity index (χ0v) is 10.6. The van der Waals surface area contributed by atoms with Gasteiger partial charge in [-0.1, -0.05) is 34.6 Å². The van der Waals surface area contributed by atoms with Crippen molar-refractivity contribution in [2.75, 3.05) is 13.1 Å². The van der Waals surface area contributed by atoms with Crippen LogP contribution in [0.15, 0.2) is 0 Å². The zero-order chi connectivity index (χ0) is 10.8. The Morgan fingerprint density at radius 1 is 1.21 bits per heavy atom. The lowest BCUT2D eigenvalue weighted by molar-refractivity contribution is 0.0328. The molecule has 0 N–H and O–H groups in total. The fourth-order valence-corrected chi connectivity index (χ4v) is 3.07. The van der Waals surface area contributed by atoms with E-state index in [4.69, 9.17) is 0 Å². The van der Waals surface area contributed by atoms with Gasteiger partial charge in [0.25, 0.3) is 0 Å². The SMILES string of the molecule is CC[C@@H]1[C@H](C(C)(C)C)CCCN1CC. The lowest BCUT2D eigenvalue weighted by Gasteiger charge is -2.46. The standard InChI is InChI=1S/C13H27N/c1-6-12-11(13(3,4)5)9-8-10-14(12)7-2/h11-12H,6-10H2,1-5H3/t11-,12-/m1/s1. The van der Waals surface area contributed by atoms with Gasteiger partial charge in [-0.05, 0) is 43.7 Å². The fraction of sp³-hybridized carbons (Fsp3) is 1.00. The van der Waals surface area contributed by atoms with E-state index in [1.165, 1.54) is 32.4 Å². The quantitative estimate of drug-likeness (QED) is 0.654. The molecule has 1 rings (SSSR count). The third-order valence-electron chi connectivity index (χ3n) is 3.83. The Bertz CT molecular complexity index is 169. The van der Waals surface area contributed by atoms with Crippen molar-refractivity contribution in [1.82, 2.24) is 4.90 Å². The minimum atomic E-state index is 0.481. The summed E-state index contributed by atoms with van der Waals surface area (Å²) in [4.78, 5) is 2.68. The molecule has 0 aromatic carbocycles. The van der Waals surface area contributed by atoms with Crippen LogP contribution in [-0.4, -0.2) is 24.0 Å². The lowest BCUT2D eigenvalue weighted by Crippen LogP contribution is -2.48. The van der Waals surface area contributed by atoms with Gasteiger partial charge in [-0.25, -0.2) is 0 Å².